The van der Waals surface area contributed by atoms with Crippen molar-refractivity contribution in [1.82, 2.24) is 4.90 Å². The number of carbonyl (C=O) groups excluding carboxylic acids is 2. The van der Waals surface area contributed by atoms with E-state index in [1.807, 2.05) is 0 Å². The van der Waals surface area contributed by atoms with Crippen LogP contribution < -0.4 is 10.5 Å². The van der Waals surface area contributed by atoms with E-state index in [1.165, 1.54) is 61.5 Å². The fraction of sp³-hybridized carbons (Fsp3) is 0.200. The van der Waals surface area contributed by atoms with E-state index in [0.717, 1.165) is 0 Å². The minimum Gasteiger partial charge on any atom is -0.481 e. The largest absolute Gasteiger partial charge is 0.481 e. The van der Waals surface area contributed by atoms with Crippen LogP contribution >= 0.6 is 0 Å². The predicted octanol–water partition coefficient (Wildman–Crippen LogP) is 1.82. The molecule has 0 saturated carbocycles. The predicted molar refractivity (Wildman–Crippen MR) is 130 cm³/mol. The maximum Gasteiger partial charge on any atom is 0.343 e. The van der Waals surface area contributed by atoms with Crippen LogP contribution in [0, 0.1) is 5.41 Å². The molecule has 12 heteroatoms. The summed E-state index contributed by atoms with van der Waals surface area (Å²) in [4.78, 5) is 59.7. The van der Waals surface area contributed by atoms with Crippen LogP contribution in [0.5, 0.6) is 5.75 Å². The molecule has 0 aromatic heterocycles. The Balaban J connectivity index is 2.19. The van der Waals surface area contributed by atoms with E-state index in [9.17, 15) is 29.1 Å². The maximum atomic E-state index is 12.9. The molecule has 0 radical (unpaired) electrons. The Bertz CT molecular complexity index is 1240. The standard InChI is InChI=1S/C25H25N3O9/c1-14(23(33)28(11-10-20(29)30)19(24(34)35)13-21(31)32)12-15-2-4-17(5-3-15)25(36)37-18-8-6-16(7-9-18)22(26)27/h2-9,12,19H,10-11,13H2,1H3,(H3,26,27)(H,29,30)(H,31,32)(H,34,35)/t19-/m0/s1. The Kier molecular flexibility index (Phi) is 9.64. The summed E-state index contributed by atoms with van der Waals surface area (Å²) in [5, 5.41) is 34.8. The summed E-state index contributed by atoms with van der Waals surface area (Å²) in [6, 6.07) is 10.2. The van der Waals surface area contributed by atoms with E-state index in [4.69, 9.17) is 26.1 Å². The number of ether oxygens (including phenoxy) is 1. The summed E-state index contributed by atoms with van der Waals surface area (Å²) in [7, 11) is 0. The number of benzene rings is 2. The summed E-state index contributed by atoms with van der Waals surface area (Å²) in [6.45, 7) is 0.879. The van der Waals surface area contributed by atoms with Gasteiger partial charge < -0.3 is 30.7 Å². The van der Waals surface area contributed by atoms with Crippen LogP contribution in [0.3, 0.4) is 0 Å². The van der Waals surface area contributed by atoms with Crippen LogP contribution in [0.4, 0.5) is 0 Å². The summed E-state index contributed by atoms with van der Waals surface area (Å²) >= 11 is 0. The summed E-state index contributed by atoms with van der Waals surface area (Å²) in [5.41, 5.74) is 6.56. The minimum atomic E-state index is -1.76. The number of hydrogen-bond acceptors (Lipinski definition) is 7. The highest BCUT2D eigenvalue weighted by Gasteiger charge is 2.32. The number of carbonyl (C=O) groups is 5. The number of nitrogens with one attached hydrogen (secondary N) is 1. The Morgan fingerprint density at radius 1 is 0.946 bits per heavy atom. The van der Waals surface area contributed by atoms with E-state index in [-0.39, 0.29) is 22.7 Å². The smallest absolute Gasteiger partial charge is 0.343 e. The first kappa shape index (κ1) is 28.2. The van der Waals surface area contributed by atoms with Gasteiger partial charge >= 0.3 is 23.9 Å². The molecule has 0 heterocycles. The molecule has 1 atom stereocenters. The van der Waals surface area contributed by atoms with Crippen molar-refractivity contribution in [2.24, 2.45) is 5.73 Å². The van der Waals surface area contributed by atoms with E-state index < -0.39 is 55.2 Å². The molecule has 0 aliphatic heterocycles. The molecule has 0 fully saturated rings. The van der Waals surface area contributed by atoms with E-state index in [0.29, 0.717) is 16.0 Å². The Labute approximate surface area is 211 Å². The van der Waals surface area contributed by atoms with Crippen molar-refractivity contribution >= 4 is 41.7 Å². The number of carboxylic acids is 3. The number of amides is 1. The van der Waals surface area contributed by atoms with Gasteiger partial charge in [-0.3, -0.25) is 19.8 Å². The highest BCUT2D eigenvalue weighted by molar-refractivity contribution is 6.00. The first-order chi connectivity index (χ1) is 17.4. The third-order valence-electron chi connectivity index (χ3n) is 5.10. The van der Waals surface area contributed by atoms with Crippen molar-refractivity contribution in [2.75, 3.05) is 6.54 Å². The molecule has 194 valence electrons. The fourth-order valence-electron chi connectivity index (χ4n) is 3.23. The molecule has 0 saturated heterocycles. The number of carboxylic acid groups (broad SMARTS) is 3. The minimum absolute atomic E-state index is 0.0305. The van der Waals surface area contributed by atoms with Crippen molar-refractivity contribution < 1.29 is 44.0 Å². The van der Waals surface area contributed by atoms with Crippen LogP contribution in [-0.2, 0) is 19.2 Å². The second kappa shape index (κ2) is 12.6. The van der Waals surface area contributed by atoms with Gasteiger partial charge in [0.1, 0.15) is 17.6 Å². The first-order valence-corrected chi connectivity index (χ1v) is 10.8. The Hall–Kier alpha value is -5.00. The summed E-state index contributed by atoms with van der Waals surface area (Å²) < 4.78 is 5.27. The Morgan fingerprint density at radius 3 is 2.00 bits per heavy atom. The normalized spacial score (nSPS) is 11.8. The zero-order valence-corrected chi connectivity index (χ0v) is 19.7. The quantitative estimate of drug-likeness (QED) is 0.0917. The average Bonchev–Trinajstić information content (AvgIpc) is 2.83. The second-order valence-corrected chi connectivity index (χ2v) is 7.87. The third kappa shape index (κ3) is 8.31. The van der Waals surface area contributed by atoms with Crippen molar-refractivity contribution in [3.63, 3.8) is 0 Å². The lowest BCUT2D eigenvalue weighted by Gasteiger charge is -2.28. The lowest BCUT2D eigenvalue weighted by Crippen LogP contribution is -2.47. The van der Waals surface area contributed by atoms with Gasteiger partial charge in [0, 0.05) is 17.7 Å². The molecule has 0 bridgehead atoms. The molecule has 0 aliphatic rings. The topological polar surface area (TPSA) is 208 Å². The zero-order chi connectivity index (χ0) is 27.7. The number of rotatable bonds is 12. The van der Waals surface area contributed by atoms with E-state index >= 15 is 0 Å². The number of nitrogens with zero attached hydrogens (tertiary/aromatic N) is 1. The average molecular weight is 511 g/mol. The van der Waals surface area contributed by atoms with Gasteiger partial charge in [0.2, 0.25) is 5.91 Å². The van der Waals surface area contributed by atoms with Crippen molar-refractivity contribution in [1.29, 1.82) is 5.41 Å². The molecule has 2 rings (SSSR count). The molecule has 0 spiro atoms. The van der Waals surface area contributed by atoms with Crippen LogP contribution in [0.1, 0.15) is 41.3 Å². The second-order valence-electron chi connectivity index (χ2n) is 7.87. The Morgan fingerprint density at radius 2 is 1.51 bits per heavy atom. The molecule has 0 aliphatic carbocycles. The van der Waals surface area contributed by atoms with Crippen LogP contribution in [0.15, 0.2) is 54.1 Å². The number of nitrogen functional groups attached to an aromatic ring is 1. The van der Waals surface area contributed by atoms with E-state index in [2.05, 4.69) is 0 Å². The maximum absolute atomic E-state index is 12.9. The van der Waals surface area contributed by atoms with E-state index in [1.54, 1.807) is 0 Å². The monoisotopic (exact) mass is 511 g/mol. The highest BCUT2D eigenvalue weighted by atomic mass is 16.5. The van der Waals surface area contributed by atoms with Crippen LogP contribution in [0.2, 0.25) is 0 Å². The van der Waals surface area contributed by atoms with Gasteiger partial charge in [-0.1, -0.05) is 12.1 Å². The molecule has 0 unspecified atom stereocenters. The number of aliphatic carboxylic acids is 3. The van der Waals surface area contributed by atoms with Gasteiger partial charge in [-0.05, 0) is 55.0 Å². The summed E-state index contributed by atoms with van der Waals surface area (Å²) in [5.74, 6) is -5.69. The lowest BCUT2D eigenvalue weighted by atomic mass is 10.1. The van der Waals surface area contributed by atoms with Crippen LogP contribution in [0.25, 0.3) is 6.08 Å². The highest BCUT2D eigenvalue weighted by Crippen LogP contribution is 2.17. The number of hydrogen-bond donors (Lipinski definition) is 5. The van der Waals surface area contributed by atoms with Crippen molar-refractivity contribution in [3.8, 4) is 5.75 Å². The zero-order valence-electron chi connectivity index (χ0n) is 19.7. The van der Waals surface area contributed by atoms with Gasteiger partial charge in [0.15, 0.2) is 0 Å². The van der Waals surface area contributed by atoms with Gasteiger partial charge in [-0.15, -0.1) is 0 Å². The van der Waals surface area contributed by atoms with Gasteiger partial charge in [0.05, 0.1) is 18.4 Å². The van der Waals surface area contributed by atoms with Gasteiger partial charge in [0.25, 0.3) is 0 Å². The first-order valence-electron chi connectivity index (χ1n) is 10.8. The molecular formula is C25H25N3O9. The molecule has 1 amide bonds. The van der Waals surface area contributed by atoms with Crippen molar-refractivity contribution in [3.05, 3.63) is 70.8 Å². The lowest BCUT2D eigenvalue weighted by molar-refractivity contribution is -0.154. The van der Waals surface area contributed by atoms with Crippen molar-refractivity contribution in [2.45, 2.75) is 25.8 Å². The number of esters is 1. The molecule has 37 heavy (non-hydrogen) atoms. The van der Waals surface area contributed by atoms with Gasteiger partial charge in [-0.2, -0.15) is 0 Å². The number of amidine groups is 1. The molecule has 2 aromatic rings. The fourth-order valence-corrected chi connectivity index (χ4v) is 3.23. The molecule has 6 N–H and O–H groups in total. The summed E-state index contributed by atoms with van der Waals surface area (Å²) in [6.07, 6.45) is -0.0790. The third-order valence-corrected chi connectivity index (χ3v) is 5.10. The molecular weight excluding hydrogens is 486 g/mol. The SMILES string of the molecule is CC(=Cc1ccc(C(=O)Oc2ccc(C(=N)N)cc2)cc1)C(=O)N(CCC(=O)O)[C@@H](CC(=O)O)C(=O)O. The molecule has 12 nitrogen and oxygen atoms in total. The van der Waals surface area contributed by atoms with Gasteiger partial charge in [-0.25, -0.2) is 9.59 Å². The molecule has 2 aromatic carbocycles. The number of nitrogens with two attached hydrogens (primary N) is 1. The van der Waals surface area contributed by atoms with Crippen LogP contribution in [-0.4, -0.2) is 68.4 Å².